The largest absolute Gasteiger partial charge is 0.291 e. The molecule has 0 saturated heterocycles. The number of nitrogens with zero attached hydrogens (tertiary/aromatic N) is 1. The van der Waals surface area contributed by atoms with Gasteiger partial charge in [0.25, 0.3) is 6.04 Å². The molecular weight excluding hydrogens is 194 g/mol. The van der Waals surface area contributed by atoms with E-state index < -0.39 is 11.0 Å². The third kappa shape index (κ3) is 1.75. The summed E-state index contributed by atoms with van der Waals surface area (Å²) in [5.74, 6) is -0.646. The van der Waals surface area contributed by atoms with Crippen LogP contribution in [0, 0.1) is 22.0 Å². The number of carbonyl (C=O) groups is 1. The van der Waals surface area contributed by atoms with E-state index in [0.717, 1.165) is 0 Å². The normalized spacial score (nSPS) is 33.6. The molecule has 0 aromatic carbocycles. The molecule has 0 aliphatic heterocycles. The summed E-state index contributed by atoms with van der Waals surface area (Å²) < 4.78 is 0. The summed E-state index contributed by atoms with van der Waals surface area (Å²) in [7, 11) is 0. The van der Waals surface area contributed by atoms with Crippen LogP contribution in [0.2, 0.25) is 0 Å². The number of nitro groups is 1. The summed E-state index contributed by atoms with van der Waals surface area (Å²) in [6.07, 6.45) is 11.1. The van der Waals surface area contributed by atoms with E-state index in [1.807, 2.05) is 18.2 Å². The van der Waals surface area contributed by atoms with Gasteiger partial charge < -0.3 is 0 Å². The zero-order valence-corrected chi connectivity index (χ0v) is 8.08. The summed E-state index contributed by atoms with van der Waals surface area (Å²) >= 11 is 0. The van der Waals surface area contributed by atoms with Crippen LogP contribution in [0.1, 0.15) is 6.42 Å². The Labute approximate surface area is 87.1 Å². The van der Waals surface area contributed by atoms with Gasteiger partial charge in [-0.1, -0.05) is 36.5 Å². The quantitative estimate of drug-likeness (QED) is 0.370. The molecule has 3 atom stereocenters. The maximum absolute atomic E-state index is 11.9. The van der Waals surface area contributed by atoms with Gasteiger partial charge in [-0.05, 0) is 0 Å². The van der Waals surface area contributed by atoms with Crippen molar-refractivity contribution in [3.05, 3.63) is 46.6 Å². The van der Waals surface area contributed by atoms with E-state index in [2.05, 4.69) is 0 Å². The van der Waals surface area contributed by atoms with E-state index in [4.69, 9.17) is 0 Å². The van der Waals surface area contributed by atoms with Gasteiger partial charge in [0.15, 0.2) is 0 Å². The van der Waals surface area contributed by atoms with Crippen molar-refractivity contribution in [2.45, 2.75) is 12.5 Å². The van der Waals surface area contributed by atoms with Crippen LogP contribution in [0.25, 0.3) is 0 Å². The highest BCUT2D eigenvalue weighted by molar-refractivity contribution is 5.88. The van der Waals surface area contributed by atoms with Crippen LogP contribution in [-0.4, -0.2) is 16.7 Å². The highest BCUT2D eigenvalue weighted by Gasteiger charge is 2.38. The first-order valence-electron chi connectivity index (χ1n) is 4.89. The maximum atomic E-state index is 11.9. The third-order valence-corrected chi connectivity index (χ3v) is 2.81. The fourth-order valence-corrected chi connectivity index (χ4v) is 1.99. The number of fused-ring (bicyclic) bond motifs is 1. The van der Waals surface area contributed by atoms with Crippen LogP contribution >= 0.6 is 0 Å². The van der Waals surface area contributed by atoms with Crippen LogP contribution < -0.4 is 0 Å². The number of allylic oxidation sites excluding steroid dienone is 5. The maximum Gasteiger partial charge on any atom is 0.274 e. The van der Waals surface area contributed by atoms with Gasteiger partial charge in [0.05, 0.1) is 5.92 Å². The van der Waals surface area contributed by atoms with E-state index in [9.17, 15) is 14.9 Å². The van der Waals surface area contributed by atoms with Crippen molar-refractivity contribution in [2.75, 3.05) is 0 Å². The average Bonchev–Trinajstić information content (AvgIpc) is 2.39. The lowest BCUT2D eigenvalue weighted by atomic mass is 9.84. The fourth-order valence-electron chi connectivity index (χ4n) is 1.99. The van der Waals surface area contributed by atoms with Crippen LogP contribution in [0.3, 0.4) is 0 Å². The van der Waals surface area contributed by atoms with Gasteiger partial charge in [0.1, 0.15) is 0 Å². The van der Waals surface area contributed by atoms with Crippen molar-refractivity contribution in [1.82, 2.24) is 0 Å². The molecule has 2 aliphatic rings. The minimum absolute atomic E-state index is 0.00699. The van der Waals surface area contributed by atoms with Crippen molar-refractivity contribution < 1.29 is 9.72 Å². The molecule has 0 heterocycles. The van der Waals surface area contributed by atoms with Crippen molar-refractivity contribution in [2.24, 2.45) is 11.8 Å². The lowest BCUT2D eigenvalue weighted by molar-refractivity contribution is -0.506. The molecule has 15 heavy (non-hydrogen) atoms. The molecule has 0 N–H and O–H groups in total. The number of Topliss-reactive ketones (excluding diaryl/α,β-unsaturated/α-hetero) is 1. The monoisotopic (exact) mass is 205 g/mol. The molecule has 0 bridgehead atoms. The predicted octanol–water partition coefficient (Wildman–Crippen LogP) is 1.52. The Hall–Kier alpha value is -1.71. The molecule has 3 unspecified atom stereocenters. The van der Waals surface area contributed by atoms with Crippen molar-refractivity contribution in [3.8, 4) is 0 Å². The lowest BCUT2D eigenvalue weighted by Crippen LogP contribution is -2.35. The Morgan fingerprint density at radius 2 is 2.00 bits per heavy atom. The molecule has 4 heteroatoms. The number of hydrogen-bond acceptors (Lipinski definition) is 3. The lowest BCUT2D eigenvalue weighted by Gasteiger charge is -2.18. The molecule has 2 aliphatic carbocycles. The van der Waals surface area contributed by atoms with E-state index >= 15 is 0 Å². The summed E-state index contributed by atoms with van der Waals surface area (Å²) in [4.78, 5) is 22.1. The summed E-state index contributed by atoms with van der Waals surface area (Å²) in [6.45, 7) is 0. The SMILES string of the molecule is O=C1C2C=CC=CC2C=CCC1[N+](=O)[O-]. The minimum Gasteiger partial charge on any atom is -0.291 e. The highest BCUT2D eigenvalue weighted by atomic mass is 16.6. The van der Waals surface area contributed by atoms with Crippen LogP contribution in [-0.2, 0) is 4.79 Å². The zero-order valence-electron chi connectivity index (χ0n) is 8.08. The van der Waals surface area contributed by atoms with Crippen molar-refractivity contribution >= 4 is 5.78 Å². The number of rotatable bonds is 1. The molecule has 0 spiro atoms. The first-order chi connectivity index (χ1) is 7.20. The molecule has 0 amide bonds. The number of ketones is 1. The number of carbonyl (C=O) groups excluding carboxylic acids is 1. The van der Waals surface area contributed by atoms with Gasteiger partial charge in [-0.15, -0.1) is 0 Å². The molecule has 4 nitrogen and oxygen atoms in total. The van der Waals surface area contributed by atoms with Gasteiger partial charge in [-0.2, -0.15) is 0 Å². The first kappa shape index (κ1) is 9.83. The molecule has 2 rings (SSSR count). The Morgan fingerprint density at radius 1 is 1.27 bits per heavy atom. The second-order valence-electron chi connectivity index (χ2n) is 3.74. The van der Waals surface area contributed by atoms with Crippen molar-refractivity contribution in [1.29, 1.82) is 0 Å². The molecule has 0 aromatic rings. The Morgan fingerprint density at radius 3 is 2.73 bits per heavy atom. The van der Waals surface area contributed by atoms with Crippen LogP contribution in [0.15, 0.2) is 36.5 Å². The third-order valence-electron chi connectivity index (χ3n) is 2.81. The summed E-state index contributed by atoms with van der Waals surface area (Å²) in [6, 6.07) is -1.08. The zero-order chi connectivity index (χ0) is 10.8. The van der Waals surface area contributed by atoms with E-state index in [1.165, 1.54) is 0 Å². The molecule has 78 valence electrons. The summed E-state index contributed by atoms with van der Waals surface area (Å²) in [5.41, 5.74) is 0. The van der Waals surface area contributed by atoms with Crippen LogP contribution in [0.5, 0.6) is 0 Å². The molecular formula is C11H11NO3. The second kappa shape index (κ2) is 3.81. The van der Waals surface area contributed by atoms with Gasteiger partial charge in [-0.3, -0.25) is 14.9 Å². The van der Waals surface area contributed by atoms with Crippen molar-refractivity contribution in [3.63, 3.8) is 0 Å². The molecule has 0 aromatic heterocycles. The smallest absolute Gasteiger partial charge is 0.274 e. The summed E-state index contributed by atoms with van der Waals surface area (Å²) in [5, 5.41) is 10.7. The van der Waals surface area contributed by atoms with Gasteiger partial charge in [0.2, 0.25) is 5.78 Å². The Balaban J connectivity index is 2.30. The van der Waals surface area contributed by atoms with E-state index in [0.29, 0.717) is 0 Å². The van der Waals surface area contributed by atoms with Crippen LogP contribution in [0.4, 0.5) is 0 Å². The van der Waals surface area contributed by atoms with Gasteiger partial charge in [0, 0.05) is 17.3 Å². The molecule has 0 fully saturated rings. The van der Waals surface area contributed by atoms with Gasteiger partial charge in [-0.25, -0.2) is 0 Å². The standard InChI is InChI=1S/C11H11NO3/c13-11-9-6-2-1-4-8(9)5-3-7-10(11)12(14)15/h1-6,8-10H,7H2. The Kier molecular flexibility index (Phi) is 2.49. The van der Waals surface area contributed by atoms with E-state index in [1.54, 1.807) is 18.2 Å². The first-order valence-corrected chi connectivity index (χ1v) is 4.89. The predicted molar refractivity (Wildman–Crippen MR) is 54.8 cm³/mol. The fraction of sp³-hybridized carbons (Fsp3) is 0.364. The Bertz CT molecular complexity index is 381. The highest BCUT2D eigenvalue weighted by Crippen LogP contribution is 2.27. The average molecular weight is 205 g/mol. The molecule has 0 radical (unpaired) electrons. The molecule has 0 saturated carbocycles. The minimum atomic E-state index is -1.08. The van der Waals surface area contributed by atoms with Gasteiger partial charge >= 0.3 is 0 Å². The number of hydrogen-bond donors (Lipinski definition) is 0. The van der Waals surface area contributed by atoms with E-state index in [-0.39, 0.29) is 24.0 Å². The second-order valence-corrected chi connectivity index (χ2v) is 3.74. The topological polar surface area (TPSA) is 60.2 Å².